The third-order valence-corrected chi connectivity index (χ3v) is 2.48. The maximum atomic E-state index is 11.6. The second-order valence-electron chi connectivity index (χ2n) is 3.69. The second kappa shape index (κ2) is 5.86. The fraction of sp³-hybridized carbons (Fsp3) is 0.900. The lowest BCUT2D eigenvalue weighted by Crippen LogP contribution is -2.36. The van der Waals surface area contributed by atoms with Crippen LogP contribution < -0.4 is 5.32 Å². The summed E-state index contributed by atoms with van der Waals surface area (Å²) < 4.78 is 5.25. The van der Waals surface area contributed by atoms with Crippen molar-refractivity contribution in [3.8, 4) is 0 Å². The van der Waals surface area contributed by atoms with Gasteiger partial charge in [-0.05, 0) is 26.3 Å². The van der Waals surface area contributed by atoms with Crippen LogP contribution in [-0.2, 0) is 4.74 Å². The van der Waals surface area contributed by atoms with Gasteiger partial charge < -0.3 is 15.0 Å². The molecular weight excluding hydrogens is 180 g/mol. The summed E-state index contributed by atoms with van der Waals surface area (Å²) in [5, 5.41) is 3.25. The van der Waals surface area contributed by atoms with Gasteiger partial charge in [0, 0.05) is 19.6 Å². The molecule has 0 radical (unpaired) electrons. The Hall–Kier alpha value is -0.770. The van der Waals surface area contributed by atoms with Gasteiger partial charge in [-0.25, -0.2) is 4.79 Å². The number of hydrogen-bond acceptors (Lipinski definition) is 3. The SMILES string of the molecule is CCC(C)OC(=O)N1CCCNCC1. The van der Waals surface area contributed by atoms with E-state index in [1.807, 2.05) is 13.8 Å². The van der Waals surface area contributed by atoms with E-state index in [0.29, 0.717) is 0 Å². The Balaban J connectivity index is 2.34. The molecule has 1 saturated heterocycles. The van der Waals surface area contributed by atoms with Crippen LogP contribution in [0.5, 0.6) is 0 Å². The van der Waals surface area contributed by atoms with Crippen molar-refractivity contribution in [3.05, 3.63) is 0 Å². The molecule has 1 N–H and O–H groups in total. The highest BCUT2D eigenvalue weighted by Gasteiger charge is 2.17. The molecule has 4 nitrogen and oxygen atoms in total. The third kappa shape index (κ3) is 3.54. The van der Waals surface area contributed by atoms with Gasteiger partial charge in [0.2, 0.25) is 0 Å². The van der Waals surface area contributed by atoms with E-state index in [-0.39, 0.29) is 12.2 Å². The quantitative estimate of drug-likeness (QED) is 0.728. The summed E-state index contributed by atoms with van der Waals surface area (Å²) in [5.74, 6) is 0. The molecule has 1 heterocycles. The monoisotopic (exact) mass is 200 g/mol. The maximum Gasteiger partial charge on any atom is 0.410 e. The molecule has 4 heteroatoms. The van der Waals surface area contributed by atoms with Crippen molar-refractivity contribution in [2.45, 2.75) is 32.8 Å². The van der Waals surface area contributed by atoms with Crippen LogP contribution in [0.4, 0.5) is 4.79 Å². The first-order valence-electron chi connectivity index (χ1n) is 5.40. The number of rotatable bonds is 2. The lowest BCUT2D eigenvalue weighted by molar-refractivity contribution is 0.0702. The minimum Gasteiger partial charge on any atom is -0.446 e. The highest BCUT2D eigenvalue weighted by molar-refractivity contribution is 5.67. The lowest BCUT2D eigenvalue weighted by atomic mass is 10.3. The predicted molar refractivity (Wildman–Crippen MR) is 55.3 cm³/mol. The molecule has 1 fully saturated rings. The highest BCUT2D eigenvalue weighted by Crippen LogP contribution is 2.03. The van der Waals surface area contributed by atoms with Crippen LogP contribution in [0, 0.1) is 0 Å². The van der Waals surface area contributed by atoms with Gasteiger partial charge in [-0.1, -0.05) is 6.92 Å². The van der Waals surface area contributed by atoms with E-state index >= 15 is 0 Å². The van der Waals surface area contributed by atoms with Gasteiger partial charge in [-0.3, -0.25) is 0 Å². The minimum atomic E-state index is -0.164. The standard InChI is InChI=1S/C10H20N2O2/c1-3-9(2)14-10(13)12-7-4-5-11-6-8-12/h9,11H,3-8H2,1-2H3. The average Bonchev–Trinajstić information content (AvgIpc) is 2.45. The summed E-state index contributed by atoms with van der Waals surface area (Å²) in [7, 11) is 0. The summed E-state index contributed by atoms with van der Waals surface area (Å²) in [5.41, 5.74) is 0. The summed E-state index contributed by atoms with van der Waals surface area (Å²) in [6.45, 7) is 7.37. The number of carbonyl (C=O) groups excluding carboxylic acids is 1. The smallest absolute Gasteiger partial charge is 0.410 e. The number of nitrogens with one attached hydrogen (secondary N) is 1. The molecule has 1 unspecified atom stereocenters. The Morgan fingerprint density at radius 2 is 2.29 bits per heavy atom. The zero-order valence-electron chi connectivity index (χ0n) is 9.08. The van der Waals surface area contributed by atoms with Crippen molar-refractivity contribution < 1.29 is 9.53 Å². The van der Waals surface area contributed by atoms with E-state index in [9.17, 15) is 4.79 Å². The van der Waals surface area contributed by atoms with Crippen LogP contribution in [0.15, 0.2) is 0 Å². The van der Waals surface area contributed by atoms with Gasteiger partial charge in [-0.15, -0.1) is 0 Å². The molecule has 0 aliphatic carbocycles. The number of hydrogen-bond donors (Lipinski definition) is 1. The fourth-order valence-corrected chi connectivity index (χ4v) is 1.36. The maximum absolute atomic E-state index is 11.6. The van der Waals surface area contributed by atoms with Gasteiger partial charge in [0.05, 0.1) is 0 Å². The average molecular weight is 200 g/mol. The molecule has 0 saturated carbocycles. The molecule has 1 atom stereocenters. The van der Waals surface area contributed by atoms with Crippen molar-refractivity contribution in [3.63, 3.8) is 0 Å². The van der Waals surface area contributed by atoms with Crippen molar-refractivity contribution in [2.24, 2.45) is 0 Å². The Morgan fingerprint density at radius 3 is 3.00 bits per heavy atom. The van der Waals surface area contributed by atoms with Gasteiger partial charge in [0.15, 0.2) is 0 Å². The minimum absolute atomic E-state index is 0.0266. The molecule has 1 rings (SSSR count). The first-order chi connectivity index (χ1) is 6.74. The van der Waals surface area contributed by atoms with E-state index in [4.69, 9.17) is 4.74 Å². The number of amides is 1. The molecule has 0 bridgehead atoms. The topological polar surface area (TPSA) is 41.6 Å². The summed E-state index contributed by atoms with van der Waals surface area (Å²) in [6.07, 6.45) is 1.75. The highest BCUT2D eigenvalue weighted by atomic mass is 16.6. The van der Waals surface area contributed by atoms with E-state index in [1.165, 1.54) is 0 Å². The molecule has 1 amide bonds. The van der Waals surface area contributed by atoms with Crippen LogP contribution in [0.25, 0.3) is 0 Å². The summed E-state index contributed by atoms with van der Waals surface area (Å²) >= 11 is 0. The van der Waals surface area contributed by atoms with Gasteiger partial charge in [0.1, 0.15) is 6.10 Å². The Morgan fingerprint density at radius 1 is 1.50 bits per heavy atom. The van der Waals surface area contributed by atoms with Crippen LogP contribution in [0.3, 0.4) is 0 Å². The van der Waals surface area contributed by atoms with Crippen LogP contribution in [-0.4, -0.2) is 43.3 Å². The molecule has 0 spiro atoms. The third-order valence-electron chi connectivity index (χ3n) is 2.48. The summed E-state index contributed by atoms with van der Waals surface area (Å²) in [4.78, 5) is 13.4. The van der Waals surface area contributed by atoms with Gasteiger partial charge in [0.25, 0.3) is 0 Å². The van der Waals surface area contributed by atoms with Crippen molar-refractivity contribution in [1.82, 2.24) is 10.2 Å². The molecular formula is C10H20N2O2. The van der Waals surface area contributed by atoms with E-state index < -0.39 is 0 Å². The molecule has 14 heavy (non-hydrogen) atoms. The molecule has 82 valence electrons. The predicted octanol–water partition coefficient (Wildman–Crippen LogP) is 1.22. The van der Waals surface area contributed by atoms with Crippen LogP contribution in [0.1, 0.15) is 26.7 Å². The lowest BCUT2D eigenvalue weighted by Gasteiger charge is -2.21. The van der Waals surface area contributed by atoms with E-state index in [0.717, 1.165) is 39.0 Å². The largest absolute Gasteiger partial charge is 0.446 e. The molecule has 1 aliphatic rings. The zero-order chi connectivity index (χ0) is 10.4. The Bertz CT molecular complexity index is 177. The van der Waals surface area contributed by atoms with E-state index in [2.05, 4.69) is 5.32 Å². The number of nitrogens with zero attached hydrogens (tertiary/aromatic N) is 1. The van der Waals surface area contributed by atoms with Crippen molar-refractivity contribution in [1.29, 1.82) is 0 Å². The Kier molecular flexibility index (Phi) is 4.73. The van der Waals surface area contributed by atoms with Gasteiger partial charge in [-0.2, -0.15) is 0 Å². The van der Waals surface area contributed by atoms with Crippen molar-refractivity contribution in [2.75, 3.05) is 26.2 Å². The number of ether oxygens (including phenoxy) is 1. The number of carbonyl (C=O) groups is 1. The normalized spacial score (nSPS) is 20.0. The summed E-state index contributed by atoms with van der Waals surface area (Å²) in [6, 6.07) is 0. The second-order valence-corrected chi connectivity index (χ2v) is 3.69. The molecule has 0 aromatic heterocycles. The molecule has 0 aromatic carbocycles. The van der Waals surface area contributed by atoms with Crippen molar-refractivity contribution >= 4 is 6.09 Å². The molecule has 1 aliphatic heterocycles. The first kappa shape index (κ1) is 11.3. The molecule has 0 aromatic rings. The van der Waals surface area contributed by atoms with Crippen LogP contribution >= 0.6 is 0 Å². The zero-order valence-corrected chi connectivity index (χ0v) is 9.08. The first-order valence-corrected chi connectivity index (χ1v) is 5.40. The Labute approximate surface area is 85.6 Å². The fourth-order valence-electron chi connectivity index (χ4n) is 1.36. The van der Waals surface area contributed by atoms with Gasteiger partial charge >= 0.3 is 6.09 Å². The van der Waals surface area contributed by atoms with E-state index in [1.54, 1.807) is 4.90 Å². The van der Waals surface area contributed by atoms with Crippen LogP contribution in [0.2, 0.25) is 0 Å².